The van der Waals surface area contributed by atoms with Gasteiger partial charge in [-0.15, -0.1) is 0 Å². The first kappa shape index (κ1) is 35.6. The van der Waals surface area contributed by atoms with Crippen LogP contribution in [-0.2, 0) is 6.18 Å². The lowest BCUT2D eigenvalue weighted by molar-refractivity contribution is -0.138. The fourth-order valence-corrected chi connectivity index (χ4v) is 7.09. The van der Waals surface area contributed by atoms with Crippen LogP contribution in [0, 0.1) is 23.0 Å². The number of hydrogen-bond acceptors (Lipinski definition) is 11. The highest BCUT2D eigenvalue weighted by molar-refractivity contribution is 8.03. The third-order valence-corrected chi connectivity index (χ3v) is 9.65. The SMILES string of the molecule is C=C(N)Sc1c(F)ccc(-c2c(C(F)(F)F)c3c4c(nc(OCC5C/C(=C/F)CN5C)nc4c2F)N([C@H](C)c2cccnc2N)CCO3)c1C#N. The molecular weight excluding hydrogens is 698 g/mol. The second kappa shape index (κ2) is 13.8. The minimum Gasteiger partial charge on any atom is -0.490 e. The van der Waals surface area contributed by atoms with Crippen LogP contribution >= 0.6 is 11.8 Å². The Labute approximate surface area is 292 Å². The van der Waals surface area contributed by atoms with E-state index in [0.29, 0.717) is 42.2 Å². The van der Waals surface area contributed by atoms with E-state index >= 15 is 17.6 Å². The van der Waals surface area contributed by atoms with Crippen LogP contribution in [0.2, 0.25) is 0 Å². The fraction of sp³-hybridized carbons (Fsp3) is 0.294. The number of alkyl halides is 3. The Hall–Kier alpha value is -5.21. The molecule has 0 spiro atoms. The summed E-state index contributed by atoms with van der Waals surface area (Å²) in [7, 11) is 1.76. The molecule has 10 nitrogen and oxygen atoms in total. The van der Waals surface area contributed by atoms with Crippen LogP contribution in [0.1, 0.15) is 36.1 Å². The number of ether oxygens (including phenoxy) is 2. The summed E-state index contributed by atoms with van der Waals surface area (Å²) in [4.78, 5) is 15.9. The lowest BCUT2D eigenvalue weighted by Gasteiger charge is -2.30. The maximum Gasteiger partial charge on any atom is 0.420 e. The zero-order valence-electron chi connectivity index (χ0n) is 27.2. The van der Waals surface area contributed by atoms with Crippen molar-refractivity contribution in [1.82, 2.24) is 19.9 Å². The predicted octanol–water partition coefficient (Wildman–Crippen LogP) is 6.86. The van der Waals surface area contributed by atoms with Gasteiger partial charge in [0.25, 0.3) is 0 Å². The molecule has 4 aromatic rings. The van der Waals surface area contributed by atoms with Crippen molar-refractivity contribution in [2.45, 2.75) is 36.5 Å². The molecule has 0 amide bonds. The molecule has 17 heteroatoms. The van der Waals surface area contributed by atoms with Gasteiger partial charge in [0.15, 0.2) is 5.82 Å². The average Bonchev–Trinajstić information content (AvgIpc) is 3.34. The van der Waals surface area contributed by atoms with E-state index in [-0.39, 0.29) is 48.5 Å². The van der Waals surface area contributed by atoms with Gasteiger partial charge in [0, 0.05) is 35.5 Å². The number of anilines is 2. The van der Waals surface area contributed by atoms with E-state index in [1.807, 2.05) is 4.90 Å². The minimum atomic E-state index is -5.26. The van der Waals surface area contributed by atoms with Crippen LogP contribution in [0.4, 0.5) is 38.0 Å². The van der Waals surface area contributed by atoms with Crippen molar-refractivity contribution in [3.05, 3.63) is 82.3 Å². The third kappa shape index (κ3) is 6.56. The van der Waals surface area contributed by atoms with E-state index in [9.17, 15) is 14.0 Å². The number of aromatic nitrogens is 3. The number of nitriles is 1. The first-order valence-electron chi connectivity index (χ1n) is 15.5. The molecule has 6 rings (SSSR count). The average molecular weight is 729 g/mol. The molecule has 266 valence electrons. The second-order valence-electron chi connectivity index (χ2n) is 12.0. The summed E-state index contributed by atoms with van der Waals surface area (Å²) in [5.74, 6) is -3.24. The van der Waals surface area contributed by atoms with Gasteiger partial charge in [-0.1, -0.05) is 24.4 Å². The van der Waals surface area contributed by atoms with Crippen LogP contribution in [-0.4, -0.2) is 59.2 Å². The zero-order chi connectivity index (χ0) is 36.8. The molecule has 0 saturated carbocycles. The Kier molecular flexibility index (Phi) is 9.66. The van der Waals surface area contributed by atoms with Crippen molar-refractivity contribution in [3.63, 3.8) is 0 Å². The molecule has 2 atom stereocenters. The Bertz CT molecular complexity index is 2120. The third-order valence-electron chi connectivity index (χ3n) is 8.78. The molecule has 2 aromatic heterocycles. The molecule has 51 heavy (non-hydrogen) atoms. The molecule has 2 aliphatic heterocycles. The highest BCUT2D eigenvalue weighted by atomic mass is 32.2. The maximum absolute atomic E-state index is 17.1. The van der Waals surface area contributed by atoms with Crippen molar-refractivity contribution in [2.75, 3.05) is 44.0 Å². The highest BCUT2D eigenvalue weighted by Gasteiger charge is 2.44. The first-order valence-corrected chi connectivity index (χ1v) is 16.3. The number of halogens is 6. The van der Waals surface area contributed by atoms with E-state index in [4.69, 9.17) is 20.9 Å². The summed E-state index contributed by atoms with van der Waals surface area (Å²) in [5, 5.41) is 9.53. The van der Waals surface area contributed by atoms with Crippen LogP contribution in [0.5, 0.6) is 11.8 Å². The number of hydrogen-bond donors (Lipinski definition) is 2. The normalized spacial score (nSPS) is 17.7. The molecule has 0 bridgehead atoms. The lowest BCUT2D eigenvalue weighted by Crippen LogP contribution is -2.32. The number of thioether (sulfide) groups is 1. The lowest BCUT2D eigenvalue weighted by atomic mass is 9.91. The Morgan fingerprint density at radius 2 is 2.04 bits per heavy atom. The molecular formula is C34H30F6N8O2S. The van der Waals surface area contributed by atoms with E-state index in [1.165, 1.54) is 6.20 Å². The predicted molar refractivity (Wildman–Crippen MR) is 179 cm³/mol. The summed E-state index contributed by atoms with van der Waals surface area (Å²) in [6.07, 6.45) is -2.93. The largest absolute Gasteiger partial charge is 0.490 e. The number of nitrogen functional groups attached to an aromatic ring is 1. The molecule has 1 fully saturated rings. The van der Waals surface area contributed by atoms with Gasteiger partial charge in [-0.3, -0.25) is 4.90 Å². The second-order valence-corrected chi connectivity index (χ2v) is 13.1. The van der Waals surface area contributed by atoms with Crippen LogP contribution < -0.4 is 25.8 Å². The van der Waals surface area contributed by atoms with Crippen LogP contribution in [0.15, 0.2) is 58.9 Å². The Morgan fingerprint density at radius 1 is 1.27 bits per heavy atom. The quantitative estimate of drug-likeness (QED) is 0.145. The summed E-state index contributed by atoms with van der Waals surface area (Å²) in [6.45, 7) is 5.12. The number of benzene rings is 2. The van der Waals surface area contributed by atoms with E-state index in [2.05, 4.69) is 21.5 Å². The van der Waals surface area contributed by atoms with Gasteiger partial charge in [0.1, 0.15) is 53.6 Å². The standard InChI is InChI=1S/C34H30F6N8O2S/c1-16(20-5-4-8-44-31(20)43)48-9-10-49-29-25-28(45-33(46-32(25)48)50-15-19-11-18(12-35)14-47(19)3)27(37)24(26(29)34(38,39)40)21-6-7-23(36)30(22(21)13-41)51-17(2)42/h4-8,12,16,19H,2,9-11,14-15,42H2,1,3H3,(H2,43,44)/b18-12-/t16-,19?/m1/s1. The molecule has 0 radical (unpaired) electrons. The molecule has 4 heterocycles. The van der Waals surface area contributed by atoms with E-state index < -0.39 is 67.7 Å². The number of nitrogens with two attached hydrogens (primary N) is 2. The Balaban J connectivity index is 1.65. The van der Waals surface area contributed by atoms with Crippen molar-refractivity contribution in [3.8, 4) is 29.0 Å². The van der Waals surface area contributed by atoms with Crippen LogP contribution in [0.25, 0.3) is 22.0 Å². The van der Waals surface area contributed by atoms with E-state index in [0.717, 1.165) is 12.1 Å². The van der Waals surface area contributed by atoms with Crippen molar-refractivity contribution < 1.29 is 35.8 Å². The van der Waals surface area contributed by atoms with Gasteiger partial charge >= 0.3 is 12.2 Å². The van der Waals surface area contributed by atoms with Crippen molar-refractivity contribution >= 4 is 34.3 Å². The number of likely N-dealkylation sites (N-methyl/N-ethyl adjacent to an activating group) is 1. The monoisotopic (exact) mass is 728 g/mol. The molecule has 4 N–H and O–H groups in total. The van der Waals surface area contributed by atoms with Gasteiger partial charge in [-0.25, -0.2) is 18.2 Å². The van der Waals surface area contributed by atoms with Crippen molar-refractivity contribution in [2.24, 2.45) is 5.73 Å². The minimum absolute atomic E-state index is 0.0423. The first-order chi connectivity index (χ1) is 24.2. The zero-order valence-corrected chi connectivity index (χ0v) is 28.0. The summed E-state index contributed by atoms with van der Waals surface area (Å²) in [5.41, 5.74) is 8.43. The number of nitrogens with zero attached hydrogens (tertiary/aromatic N) is 6. The summed E-state index contributed by atoms with van der Waals surface area (Å²) < 4.78 is 103. The molecule has 2 aromatic carbocycles. The highest BCUT2D eigenvalue weighted by Crippen LogP contribution is 2.53. The van der Waals surface area contributed by atoms with Gasteiger partial charge < -0.3 is 25.8 Å². The number of rotatable bonds is 8. The van der Waals surface area contributed by atoms with Gasteiger partial charge in [-0.05, 0) is 44.2 Å². The smallest absolute Gasteiger partial charge is 0.420 e. The summed E-state index contributed by atoms with van der Waals surface area (Å²) in [6, 6.07) is 5.37. The van der Waals surface area contributed by atoms with E-state index in [1.54, 1.807) is 37.1 Å². The van der Waals surface area contributed by atoms with Gasteiger partial charge in [0.05, 0.1) is 39.8 Å². The van der Waals surface area contributed by atoms with Gasteiger partial charge in [0.2, 0.25) is 0 Å². The molecule has 0 aliphatic carbocycles. The summed E-state index contributed by atoms with van der Waals surface area (Å²) >= 11 is 0.512. The topological polar surface area (TPSA) is 139 Å². The number of likely N-dealkylation sites (tertiary alicyclic amines) is 1. The van der Waals surface area contributed by atoms with Crippen LogP contribution in [0.3, 0.4) is 0 Å². The molecule has 1 saturated heterocycles. The van der Waals surface area contributed by atoms with Crippen molar-refractivity contribution in [1.29, 1.82) is 5.26 Å². The van der Waals surface area contributed by atoms with Gasteiger partial charge in [-0.2, -0.15) is 28.4 Å². The fourth-order valence-electron chi connectivity index (χ4n) is 6.40. The maximum atomic E-state index is 17.1. The number of pyridine rings is 1. The Morgan fingerprint density at radius 3 is 2.69 bits per heavy atom. The molecule has 1 unspecified atom stereocenters. The molecule has 2 aliphatic rings.